The number of aliphatic hydroxyl groups is 2. The summed E-state index contributed by atoms with van der Waals surface area (Å²) in [6, 6.07) is 10.1. The molecule has 9 nitrogen and oxygen atoms in total. The van der Waals surface area contributed by atoms with Crippen molar-refractivity contribution in [3.8, 4) is 17.2 Å². The van der Waals surface area contributed by atoms with Crippen LogP contribution in [0.25, 0.3) is 0 Å². The van der Waals surface area contributed by atoms with Crippen molar-refractivity contribution in [1.29, 1.82) is 0 Å². The Morgan fingerprint density at radius 3 is 2.25 bits per heavy atom. The van der Waals surface area contributed by atoms with Crippen molar-refractivity contribution >= 4 is 5.97 Å². The van der Waals surface area contributed by atoms with Gasteiger partial charge in [0.05, 0.1) is 20.8 Å². The highest BCUT2D eigenvalue weighted by molar-refractivity contribution is 5.78. The van der Waals surface area contributed by atoms with E-state index in [0.29, 0.717) is 11.3 Å². The number of methoxy groups -OCH3 is 2. The second-order valence-electron chi connectivity index (χ2n) is 7.40. The first-order valence-electron chi connectivity index (χ1n) is 9.66. The van der Waals surface area contributed by atoms with Crippen molar-refractivity contribution in [3.63, 3.8) is 0 Å². The lowest BCUT2D eigenvalue weighted by Crippen LogP contribution is -2.64. The molecule has 0 saturated carbocycles. The third-order valence-corrected chi connectivity index (χ3v) is 5.27. The summed E-state index contributed by atoms with van der Waals surface area (Å²) in [7, 11) is 2.81. The largest absolute Gasteiger partial charge is 0.497 e. The molecule has 3 unspecified atom stereocenters. The quantitative estimate of drug-likeness (QED) is 0.281. The van der Waals surface area contributed by atoms with Crippen LogP contribution in [-0.4, -0.2) is 64.7 Å². The van der Waals surface area contributed by atoms with Crippen molar-refractivity contribution in [2.75, 3.05) is 20.8 Å². The number of carboxylic acids is 1. The fourth-order valence-electron chi connectivity index (χ4n) is 3.27. The van der Waals surface area contributed by atoms with Crippen LogP contribution in [0.2, 0.25) is 0 Å². The van der Waals surface area contributed by atoms with E-state index in [1.807, 2.05) is 0 Å². The van der Waals surface area contributed by atoms with Crippen LogP contribution < -0.4 is 14.2 Å². The number of halogens is 1. The van der Waals surface area contributed by atoms with Crippen molar-refractivity contribution in [3.05, 3.63) is 53.8 Å². The zero-order chi connectivity index (χ0) is 23.9. The van der Waals surface area contributed by atoms with E-state index in [4.69, 9.17) is 14.2 Å². The number of ether oxygens (including phenoxy) is 3. The van der Waals surface area contributed by atoms with Gasteiger partial charge in [-0.05, 0) is 49.6 Å². The maximum atomic E-state index is 13.7. The van der Waals surface area contributed by atoms with Gasteiger partial charge in [-0.2, -0.15) is 0 Å². The predicted octanol–water partition coefficient (Wildman–Crippen LogP) is 2.28. The van der Waals surface area contributed by atoms with E-state index in [9.17, 15) is 29.8 Å². The van der Waals surface area contributed by atoms with Gasteiger partial charge in [-0.3, -0.25) is 5.26 Å². The third kappa shape index (κ3) is 5.28. The van der Waals surface area contributed by atoms with Gasteiger partial charge in [-0.15, -0.1) is 0 Å². The van der Waals surface area contributed by atoms with Crippen LogP contribution in [0.3, 0.4) is 0 Å². The van der Waals surface area contributed by atoms with Crippen LogP contribution in [0, 0.1) is 5.82 Å². The van der Waals surface area contributed by atoms with Gasteiger partial charge in [-0.25, -0.2) is 14.1 Å². The van der Waals surface area contributed by atoms with Gasteiger partial charge in [0, 0.05) is 6.07 Å². The molecule has 0 aliphatic carbocycles. The third-order valence-electron chi connectivity index (χ3n) is 5.27. The first kappa shape index (κ1) is 25.3. The van der Waals surface area contributed by atoms with Crippen molar-refractivity contribution in [2.24, 2.45) is 0 Å². The Bertz CT molecular complexity index is 905. The average Bonchev–Trinajstić information content (AvgIpc) is 2.79. The summed E-state index contributed by atoms with van der Waals surface area (Å²) in [4.78, 5) is 16.4. The summed E-state index contributed by atoms with van der Waals surface area (Å²) >= 11 is 0. The summed E-state index contributed by atoms with van der Waals surface area (Å²) in [5.74, 6) is -1.87. The molecule has 0 spiro atoms. The van der Waals surface area contributed by atoms with Crippen LogP contribution >= 0.6 is 0 Å². The summed E-state index contributed by atoms with van der Waals surface area (Å²) in [6.45, 7) is 0.306. The number of rotatable bonds is 12. The van der Waals surface area contributed by atoms with Gasteiger partial charge < -0.3 is 29.5 Å². The number of benzene rings is 2. The molecule has 32 heavy (non-hydrogen) atoms. The van der Waals surface area contributed by atoms with Gasteiger partial charge in [0.15, 0.2) is 17.1 Å². The van der Waals surface area contributed by atoms with Gasteiger partial charge in [0.25, 0.3) is 0 Å². The lowest BCUT2D eigenvalue weighted by molar-refractivity contribution is -0.350. The predicted molar refractivity (Wildman–Crippen MR) is 110 cm³/mol. The molecule has 0 radical (unpaired) electrons. The molecular formula is C22H27FO9. The molecule has 176 valence electrons. The Hall–Kier alpha value is -2.92. The fourth-order valence-corrected chi connectivity index (χ4v) is 3.27. The monoisotopic (exact) mass is 454 g/mol. The number of aliphatic hydroxyl groups excluding tert-OH is 2. The number of aryl methyl sites for hydroxylation is 1. The Kier molecular flexibility index (Phi) is 8.39. The van der Waals surface area contributed by atoms with Crippen LogP contribution in [0.15, 0.2) is 42.5 Å². The molecule has 2 rings (SSSR count). The highest BCUT2D eigenvalue weighted by Crippen LogP contribution is 2.36. The molecule has 3 atom stereocenters. The fraction of sp³-hybridized carbons (Fsp3) is 0.409. The Morgan fingerprint density at radius 1 is 1.09 bits per heavy atom. The lowest BCUT2D eigenvalue weighted by atomic mass is 9.80. The van der Waals surface area contributed by atoms with Gasteiger partial charge >= 0.3 is 5.97 Å². The standard InChI is InChI=1S/C22H27FO9/c1-21(13-24,31-18-12-15(23)6-9-17(18)30-3)19(25)22(32-28,20(26)27)11-10-14-4-7-16(29-2)8-5-14/h4-9,12,19,24-25,28H,10-11,13H2,1-3H3,(H,26,27). The molecule has 0 aliphatic rings. The van der Waals surface area contributed by atoms with E-state index < -0.39 is 35.7 Å². The second kappa shape index (κ2) is 10.6. The normalized spacial score (nSPS) is 15.8. The SMILES string of the molecule is COc1ccc(CCC(OO)(C(=O)O)C(O)C(C)(CO)Oc2cc(F)ccc2OC)cc1. The van der Waals surface area contributed by atoms with Crippen LogP contribution in [-0.2, 0) is 16.1 Å². The van der Waals surface area contributed by atoms with Gasteiger partial charge in [-0.1, -0.05) is 12.1 Å². The first-order chi connectivity index (χ1) is 15.2. The minimum absolute atomic E-state index is 0.0821. The molecule has 0 aromatic heterocycles. The summed E-state index contributed by atoms with van der Waals surface area (Å²) in [5.41, 5.74) is -3.92. The molecule has 0 saturated heterocycles. The number of carbonyl (C=O) groups is 1. The topological polar surface area (TPSA) is 135 Å². The van der Waals surface area contributed by atoms with Crippen molar-refractivity contribution in [2.45, 2.75) is 37.1 Å². The average molecular weight is 454 g/mol. The highest BCUT2D eigenvalue weighted by Gasteiger charge is 2.56. The number of carboxylic acid groups (broad SMARTS) is 1. The maximum absolute atomic E-state index is 13.7. The first-order valence-corrected chi connectivity index (χ1v) is 9.66. The summed E-state index contributed by atoms with van der Waals surface area (Å²) < 4.78 is 29.5. The Labute approximate surface area is 184 Å². The molecule has 2 aromatic rings. The van der Waals surface area contributed by atoms with Gasteiger partial charge in [0.1, 0.15) is 17.7 Å². The van der Waals surface area contributed by atoms with E-state index in [-0.39, 0.29) is 24.3 Å². The molecule has 0 bridgehead atoms. The van der Waals surface area contributed by atoms with Gasteiger partial charge in [0.2, 0.25) is 5.60 Å². The highest BCUT2D eigenvalue weighted by atomic mass is 19.1. The van der Waals surface area contributed by atoms with E-state index >= 15 is 0 Å². The zero-order valence-electron chi connectivity index (χ0n) is 17.9. The summed E-state index contributed by atoms with van der Waals surface area (Å²) in [5, 5.41) is 40.4. The van der Waals surface area contributed by atoms with Crippen molar-refractivity contribution < 1.29 is 48.9 Å². The molecule has 0 heterocycles. The second-order valence-corrected chi connectivity index (χ2v) is 7.40. The van der Waals surface area contributed by atoms with Crippen LogP contribution in [0.1, 0.15) is 18.9 Å². The molecule has 10 heteroatoms. The minimum Gasteiger partial charge on any atom is -0.497 e. The van der Waals surface area contributed by atoms with E-state index in [2.05, 4.69) is 4.89 Å². The van der Waals surface area contributed by atoms with E-state index in [1.54, 1.807) is 24.3 Å². The smallest absolute Gasteiger partial charge is 0.342 e. The summed E-state index contributed by atoms with van der Waals surface area (Å²) in [6.07, 6.45) is -2.39. The number of hydrogen-bond donors (Lipinski definition) is 4. The zero-order valence-corrected chi connectivity index (χ0v) is 17.9. The number of hydrogen-bond acceptors (Lipinski definition) is 8. The molecule has 4 N–H and O–H groups in total. The van der Waals surface area contributed by atoms with E-state index in [0.717, 1.165) is 12.1 Å². The van der Waals surface area contributed by atoms with Crippen LogP contribution in [0.4, 0.5) is 4.39 Å². The Balaban J connectivity index is 2.36. The minimum atomic E-state index is -2.57. The van der Waals surface area contributed by atoms with E-state index in [1.165, 1.54) is 27.2 Å². The number of aliphatic carboxylic acids is 1. The Morgan fingerprint density at radius 2 is 1.75 bits per heavy atom. The maximum Gasteiger partial charge on any atom is 0.342 e. The molecule has 0 amide bonds. The molecular weight excluding hydrogens is 427 g/mol. The molecule has 0 aliphatic heterocycles. The molecule has 2 aromatic carbocycles. The lowest BCUT2D eigenvalue weighted by Gasteiger charge is -2.41. The van der Waals surface area contributed by atoms with Crippen LogP contribution in [0.5, 0.6) is 17.2 Å². The molecule has 0 fully saturated rings. The van der Waals surface area contributed by atoms with Crippen molar-refractivity contribution in [1.82, 2.24) is 0 Å².